The fraction of sp³-hybridized carbons (Fsp3) is 0.350. The number of rotatable bonds is 8. The first-order chi connectivity index (χ1) is 12.3. The van der Waals surface area contributed by atoms with E-state index in [1.54, 1.807) is 19.1 Å². The second-order valence-corrected chi connectivity index (χ2v) is 8.27. The standard InChI is InChI=1S/C20H26N2O3S/c1-4-22-26(24,25)18-12-8-11-17(13-18)20(23)21-14-19(15(2)3)16-9-6-5-7-10-16/h5-13,15,19,22H,4,14H2,1-3H3,(H,21,23). The molecular formula is C20H26N2O3S. The second-order valence-electron chi connectivity index (χ2n) is 6.50. The molecule has 6 heteroatoms. The SMILES string of the molecule is CCNS(=O)(=O)c1cccc(C(=O)NCC(c2ccccc2)C(C)C)c1. The molecule has 2 N–H and O–H groups in total. The molecule has 0 fully saturated rings. The highest BCUT2D eigenvalue weighted by Gasteiger charge is 2.18. The van der Waals surface area contributed by atoms with Gasteiger partial charge in [-0.15, -0.1) is 0 Å². The van der Waals surface area contributed by atoms with Crippen molar-refractivity contribution in [2.45, 2.75) is 31.6 Å². The first-order valence-electron chi connectivity index (χ1n) is 8.78. The van der Waals surface area contributed by atoms with Crippen LogP contribution in [-0.2, 0) is 10.0 Å². The monoisotopic (exact) mass is 374 g/mol. The van der Waals surface area contributed by atoms with Crippen LogP contribution in [0.5, 0.6) is 0 Å². The molecular weight excluding hydrogens is 348 g/mol. The van der Waals surface area contributed by atoms with Gasteiger partial charge in [-0.1, -0.05) is 57.2 Å². The number of nitrogens with one attached hydrogen (secondary N) is 2. The molecule has 2 rings (SSSR count). The molecule has 5 nitrogen and oxygen atoms in total. The lowest BCUT2D eigenvalue weighted by Crippen LogP contribution is -2.30. The number of benzene rings is 2. The second kappa shape index (κ2) is 8.96. The highest BCUT2D eigenvalue weighted by Crippen LogP contribution is 2.23. The number of hydrogen-bond acceptors (Lipinski definition) is 3. The zero-order chi connectivity index (χ0) is 19.2. The summed E-state index contributed by atoms with van der Waals surface area (Å²) in [5.74, 6) is 0.270. The predicted molar refractivity (Wildman–Crippen MR) is 104 cm³/mol. The van der Waals surface area contributed by atoms with E-state index >= 15 is 0 Å². The summed E-state index contributed by atoms with van der Waals surface area (Å²) in [5, 5.41) is 2.94. The van der Waals surface area contributed by atoms with Crippen molar-refractivity contribution in [1.82, 2.24) is 10.0 Å². The number of carbonyl (C=O) groups is 1. The molecule has 0 aliphatic carbocycles. The van der Waals surface area contributed by atoms with E-state index < -0.39 is 10.0 Å². The topological polar surface area (TPSA) is 75.3 Å². The van der Waals surface area contributed by atoms with Crippen molar-refractivity contribution < 1.29 is 13.2 Å². The maximum absolute atomic E-state index is 12.5. The number of carbonyl (C=O) groups excluding carboxylic acids is 1. The lowest BCUT2D eigenvalue weighted by atomic mass is 9.88. The Morgan fingerprint density at radius 3 is 2.35 bits per heavy atom. The van der Waals surface area contributed by atoms with Crippen LogP contribution in [0.3, 0.4) is 0 Å². The third-order valence-corrected chi connectivity index (χ3v) is 5.80. The number of hydrogen-bond donors (Lipinski definition) is 2. The Morgan fingerprint density at radius 1 is 1.04 bits per heavy atom. The van der Waals surface area contributed by atoms with Crippen LogP contribution in [0.2, 0.25) is 0 Å². The molecule has 1 atom stereocenters. The molecule has 0 spiro atoms. The molecule has 0 heterocycles. The highest BCUT2D eigenvalue weighted by molar-refractivity contribution is 7.89. The number of amides is 1. The Kier molecular flexibility index (Phi) is 6.94. The van der Waals surface area contributed by atoms with Crippen molar-refractivity contribution in [2.75, 3.05) is 13.1 Å². The van der Waals surface area contributed by atoms with Crippen molar-refractivity contribution in [3.8, 4) is 0 Å². The van der Waals surface area contributed by atoms with Gasteiger partial charge in [0.1, 0.15) is 0 Å². The van der Waals surface area contributed by atoms with Gasteiger partial charge in [0.05, 0.1) is 4.90 Å². The predicted octanol–water partition coefficient (Wildman–Crippen LogP) is 3.15. The van der Waals surface area contributed by atoms with Gasteiger partial charge in [-0.05, 0) is 29.7 Å². The Balaban J connectivity index is 2.12. The highest BCUT2D eigenvalue weighted by atomic mass is 32.2. The summed E-state index contributed by atoms with van der Waals surface area (Å²) < 4.78 is 26.6. The number of sulfonamides is 1. The fourth-order valence-electron chi connectivity index (χ4n) is 2.82. The summed E-state index contributed by atoms with van der Waals surface area (Å²) in [5.41, 5.74) is 1.51. The van der Waals surface area contributed by atoms with E-state index in [1.165, 1.54) is 17.7 Å². The van der Waals surface area contributed by atoms with Crippen molar-refractivity contribution in [1.29, 1.82) is 0 Å². The van der Waals surface area contributed by atoms with Gasteiger partial charge >= 0.3 is 0 Å². The van der Waals surface area contributed by atoms with E-state index in [9.17, 15) is 13.2 Å². The van der Waals surface area contributed by atoms with Crippen LogP contribution in [-0.4, -0.2) is 27.4 Å². The van der Waals surface area contributed by atoms with E-state index in [4.69, 9.17) is 0 Å². The molecule has 2 aromatic rings. The van der Waals surface area contributed by atoms with Crippen LogP contribution in [0.1, 0.15) is 42.6 Å². The largest absolute Gasteiger partial charge is 0.351 e. The van der Waals surface area contributed by atoms with E-state index in [0.29, 0.717) is 24.6 Å². The third-order valence-electron chi connectivity index (χ3n) is 4.26. The van der Waals surface area contributed by atoms with Crippen LogP contribution < -0.4 is 10.0 Å². The summed E-state index contributed by atoms with van der Waals surface area (Å²) >= 11 is 0. The summed E-state index contributed by atoms with van der Waals surface area (Å²) in [4.78, 5) is 12.6. The van der Waals surface area contributed by atoms with Crippen LogP contribution >= 0.6 is 0 Å². The van der Waals surface area contributed by atoms with Crippen LogP contribution in [0.25, 0.3) is 0 Å². The quantitative estimate of drug-likeness (QED) is 0.745. The molecule has 0 radical (unpaired) electrons. The van der Waals surface area contributed by atoms with Crippen molar-refractivity contribution >= 4 is 15.9 Å². The Labute approximate surface area is 155 Å². The molecule has 26 heavy (non-hydrogen) atoms. The van der Waals surface area contributed by atoms with Gasteiger partial charge in [-0.25, -0.2) is 13.1 Å². The summed E-state index contributed by atoms with van der Waals surface area (Å²) in [6.45, 7) is 6.74. The summed E-state index contributed by atoms with van der Waals surface area (Å²) in [6, 6.07) is 16.1. The molecule has 0 saturated heterocycles. The van der Waals surface area contributed by atoms with Crippen LogP contribution in [0.4, 0.5) is 0 Å². The minimum Gasteiger partial charge on any atom is -0.351 e. The van der Waals surface area contributed by atoms with Gasteiger partial charge in [-0.2, -0.15) is 0 Å². The van der Waals surface area contributed by atoms with Gasteiger partial charge in [0, 0.05) is 24.6 Å². The molecule has 140 valence electrons. The van der Waals surface area contributed by atoms with Crippen LogP contribution in [0, 0.1) is 5.92 Å². The smallest absolute Gasteiger partial charge is 0.251 e. The van der Waals surface area contributed by atoms with Crippen molar-refractivity contribution in [3.63, 3.8) is 0 Å². The van der Waals surface area contributed by atoms with E-state index in [1.807, 2.05) is 18.2 Å². The molecule has 1 unspecified atom stereocenters. The maximum atomic E-state index is 12.5. The van der Waals surface area contributed by atoms with E-state index in [-0.39, 0.29) is 16.7 Å². The molecule has 2 aromatic carbocycles. The van der Waals surface area contributed by atoms with Gasteiger partial charge < -0.3 is 5.32 Å². The zero-order valence-corrected chi connectivity index (χ0v) is 16.2. The van der Waals surface area contributed by atoms with Crippen molar-refractivity contribution in [3.05, 3.63) is 65.7 Å². The lowest BCUT2D eigenvalue weighted by Gasteiger charge is -2.22. The van der Waals surface area contributed by atoms with E-state index in [2.05, 4.69) is 36.0 Å². The summed E-state index contributed by atoms with van der Waals surface area (Å²) in [6.07, 6.45) is 0. The van der Waals surface area contributed by atoms with Gasteiger partial charge in [-0.3, -0.25) is 4.79 Å². The first kappa shape index (κ1) is 20.1. The Bertz CT molecular complexity index is 833. The molecule has 0 aliphatic heterocycles. The van der Waals surface area contributed by atoms with Gasteiger partial charge in [0.15, 0.2) is 0 Å². The molecule has 0 aromatic heterocycles. The minimum atomic E-state index is -3.58. The van der Waals surface area contributed by atoms with Crippen molar-refractivity contribution in [2.24, 2.45) is 5.92 Å². The fourth-order valence-corrected chi connectivity index (χ4v) is 3.91. The lowest BCUT2D eigenvalue weighted by molar-refractivity contribution is 0.0949. The average Bonchev–Trinajstić information content (AvgIpc) is 2.62. The van der Waals surface area contributed by atoms with Gasteiger partial charge in [0.2, 0.25) is 10.0 Å². The minimum absolute atomic E-state index is 0.0930. The molecule has 1 amide bonds. The van der Waals surface area contributed by atoms with Gasteiger partial charge in [0.25, 0.3) is 5.91 Å². The zero-order valence-electron chi connectivity index (χ0n) is 15.4. The van der Waals surface area contributed by atoms with Crippen LogP contribution in [0.15, 0.2) is 59.5 Å². The Hall–Kier alpha value is -2.18. The molecule has 0 aliphatic rings. The third kappa shape index (κ3) is 5.16. The average molecular weight is 375 g/mol. The maximum Gasteiger partial charge on any atom is 0.251 e. The molecule has 0 bridgehead atoms. The Morgan fingerprint density at radius 2 is 1.73 bits per heavy atom. The normalized spacial score (nSPS) is 12.8. The van der Waals surface area contributed by atoms with E-state index in [0.717, 1.165) is 0 Å². The molecule has 0 saturated carbocycles. The summed E-state index contributed by atoms with van der Waals surface area (Å²) in [7, 11) is -3.58. The first-order valence-corrected chi connectivity index (χ1v) is 10.3.